The predicted molar refractivity (Wildman–Crippen MR) is 83.0 cm³/mol. The molecule has 2 aromatic rings. The summed E-state index contributed by atoms with van der Waals surface area (Å²) >= 11 is 12.0. The fraction of sp³-hybridized carbons (Fsp3) is 0.533. The van der Waals surface area contributed by atoms with Gasteiger partial charge in [-0.3, -0.25) is 0 Å². The number of rotatable bonds is 3. The van der Waals surface area contributed by atoms with Crippen LogP contribution in [-0.2, 0) is 6.54 Å². The number of nitrogens with zero attached hydrogens (tertiary/aromatic N) is 2. The van der Waals surface area contributed by atoms with E-state index in [0.717, 1.165) is 24.3 Å². The normalized spacial score (nSPS) is 13.9. The molecule has 2 nitrogen and oxygen atoms in total. The minimum absolute atomic E-state index is 0.0896. The third kappa shape index (κ3) is 3.26. The molecule has 1 aromatic heterocycles. The highest BCUT2D eigenvalue weighted by molar-refractivity contribution is 6.31. The summed E-state index contributed by atoms with van der Waals surface area (Å²) in [5.74, 6) is 0.331. The number of hydrogen-bond acceptors (Lipinski definition) is 1. The molecule has 5 heteroatoms. The summed E-state index contributed by atoms with van der Waals surface area (Å²) in [4.78, 5) is 4.49. The molecule has 0 amide bonds. The molecule has 0 N–H and O–H groups in total. The zero-order valence-electron chi connectivity index (χ0n) is 12.2. The Kier molecular flexibility index (Phi) is 4.31. The highest BCUT2D eigenvalue weighted by Gasteiger charge is 2.19. The van der Waals surface area contributed by atoms with Crippen molar-refractivity contribution in [3.8, 4) is 0 Å². The topological polar surface area (TPSA) is 17.8 Å². The van der Waals surface area contributed by atoms with Gasteiger partial charge in [-0.05, 0) is 24.8 Å². The molecule has 1 unspecified atom stereocenters. The molecule has 0 aliphatic rings. The van der Waals surface area contributed by atoms with E-state index in [0.29, 0.717) is 5.52 Å². The Hall–Kier alpha value is -0.800. The van der Waals surface area contributed by atoms with Crippen LogP contribution in [0, 0.1) is 11.2 Å². The van der Waals surface area contributed by atoms with Gasteiger partial charge in [-0.2, -0.15) is 0 Å². The number of imidazole rings is 1. The quantitative estimate of drug-likeness (QED) is 0.677. The zero-order valence-corrected chi connectivity index (χ0v) is 13.7. The molecule has 0 radical (unpaired) electrons. The van der Waals surface area contributed by atoms with E-state index in [9.17, 15) is 4.39 Å². The van der Waals surface area contributed by atoms with Crippen LogP contribution in [0.2, 0.25) is 5.02 Å². The lowest BCUT2D eigenvalue weighted by molar-refractivity contribution is 0.350. The minimum atomic E-state index is -0.426. The average molecular weight is 317 g/mol. The van der Waals surface area contributed by atoms with Crippen molar-refractivity contribution in [1.29, 1.82) is 0 Å². The number of aromatic nitrogens is 2. The Bertz CT molecular complexity index is 627. The standard InChI is InChI=1S/C15H19Cl2FN2/c1-9(16)14-19-12-7-10(17)11(18)8-13(12)20(14)6-5-15(2,3)4/h7-9H,5-6H2,1-4H3. The van der Waals surface area contributed by atoms with Gasteiger partial charge in [-0.25, -0.2) is 9.37 Å². The van der Waals surface area contributed by atoms with Crippen LogP contribution in [0.15, 0.2) is 12.1 Å². The van der Waals surface area contributed by atoms with Crippen molar-refractivity contribution in [3.05, 3.63) is 28.8 Å². The monoisotopic (exact) mass is 316 g/mol. The van der Waals surface area contributed by atoms with E-state index < -0.39 is 5.82 Å². The molecule has 20 heavy (non-hydrogen) atoms. The third-order valence-corrected chi connectivity index (χ3v) is 3.75. The van der Waals surface area contributed by atoms with E-state index in [4.69, 9.17) is 23.2 Å². The third-order valence-electron chi connectivity index (χ3n) is 3.26. The molecule has 1 aromatic carbocycles. The largest absolute Gasteiger partial charge is 0.327 e. The van der Waals surface area contributed by atoms with E-state index in [-0.39, 0.29) is 15.8 Å². The Balaban J connectivity index is 2.53. The average Bonchev–Trinajstić information content (AvgIpc) is 2.64. The van der Waals surface area contributed by atoms with Crippen LogP contribution in [0.5, 0.6) is 0 Å². The summed E-state index contributed by atoms with van der Waals surface area (Å²) in [6.45, 7) is 9.15. The molecule has 110 valence electrons. The minimum Gasteiger partial charge on any atom is -0.327 e. The Morgan fingerprint density at radius 1 is 1.35 bits per heavy atom. The van der Waals surface area contributed by atoms with Crippen LogP contribution >= 0.6 is 23.2 Å². The highest BCUT2D eigenvalue weighted by Crippen LogP contribution is 2.30. The van der Waals surface area contributed by atoms with E-state index in [1.807, 2.05) is 11.5 Å². The molecule has 0 spiro atoms. The molecule has 0 bridgehead atoms. The van der Waals surface area contributed by atoms with Gasteiger partial charge in [0.2, 0.25) is 0 Å². The lowest BCUT2D eigenvalue weighted by atomic mass is 9.92. The fourth-order valence-corrected chi connectivity index (χ4v) is 2.45. The molecule has 2 rings (SSSR count). The molecule has 0 saturated heterocycles. The van der Waals surface area contributed by atoms with Crippen LogP contribution in [0.4, 0.5) is 4.39 Å². The van der Waals surface area contributed by atoms with Crippen LogP contribution < -0.4 is 0 Å². The molecule has 0 saturated carbocycles. The molecule has 0 aliphatic heterocycles. The number of hydrogen-bond donors (Lipinski definition) is 0. The maximum atomic E-state index is 13.7. The predicted octanol–water partition coefficient (Wildman–Crippen LogP) is 5.56. The van der Waals surface area contributed by atoms with Crippen molar-refractivity contribution < 1.29 is 4.39 Å². The SMILES string of the molecule is CC(Cl)c1nc2cc(Cl)c(F)cc2n1CCC(C)(C)C. The van der Waals surface area contributed by atoms with Crippen molar-refractivity contribution in [2.45, 2.75) is 46.0 Å². The van der Waals surface area contributed by atoms with Gasteiger partial charge < -0.3 is 4.57 Å². The van der Waals surface area contributed by atoms with E-state index in [1.165, 1.54) is 6.07 Å². The summed E-state index contributed by atoms with van der Waals surface area (Å²) in [5.41, 5.74) is 1.63. The summed E-state index contributed by atoms with van der Waals surface area (Å²) in [6.07, 6.45) is 0.958. The van der Waals surface area contributed by atoms with Gasteiger partial charge in [-0.1, -0.05) is 32.4 Å². The Labute approximate surface area is 128 Å². The van der Waals surface area contributed by atoms with Gasteiger partial charge in [0.15, 0.2) is 0 Å². The Morgan fingerprint density at radius 2 is 2.00 bits per heavy atom. The lowest BCUT2D eigenvalue weighted by Gasteiger charge is -2.20. The van der Waals surface area contributed by atoms with E-state index in [2.05, 4.69) is 25.8 Å². The fourth-order valence-electron chi connectivity index (χ4n) is 2.12. The number of halogens is 3. The lowest BCUT2D eigenvalue weighted by Crippen LogP contribution is -2.12. The first kappa shape index (κ1) is 15.6. The van der Waals surface area contributed by atoms with Crippen molar-refractivity contribution in [2.24, 2.45) is 5.41 Å². The number of benzene rings is 1. The number of alkyl halides is 1. The maximum Gasteiger partial charge on any atom is 0.144 e. The number of fused-ring (bicyclic) bond motifs is 1. The maximum absolute atomic E-state index is 13.7. The molecule has 0 fully saturated rings. The van der Waals surface area contributed by atoms with Crippen molar-refractivity contribution in [3.63, 3.8) is 0 Å². The Morgan fingerprint density at radius 3 is 2.55 bits per heavy atom. The first-order valence-electron chi connectivity index (χ1n) is 6.68. The van der Waals surface area contributed by atoms with Crippen molar-refractivity contribution in [1.82, 2.24) is 9.55 Å². The first-order chi connectivity index (χ1) is 9.19. The smallest absolute Gasteiger partial charge is 0.144 e. The highest BCUT2D eigenvalue weighted by atomic mass is 35.5. The van der Waals surface area contributed by atoms with Crippen molar-refractivity contribution >= 4 is 34.2 Å². The van der Waals surface area contributed by atoms with Crippen LogP contribution in [0.25, 0.3) is 11.0 Å². The summed E-state index contributed by atoms with van der Waals surface area (Å²) in [7, 11) is 0. The van der Waals surface area contributed by atoms with Gasteiger partial charge in [0, 0.05) is 12.6 Å². The van der Waals surface area contributed by atoms with Gasteiger partial charge >= 0.3 is 0 Å². The first-order valence-corrected chi connectivity index (χ1v) is 7.50. The summed E-state index contributed by atoms with van der Waals surface area (Å²) in [5, 5.41) is -0.143. The van der Waals surface area contributed by atoms with Crippen LogP contribution in [0.1, 0.15) is 45.3 Å². The van der Waals surface area contributed by atoms with Crippen LogP contribution in [-0.4, -0.2) is 9.55 Å². The van der Waals surface area contributed by atoms with Crippen molar-refractivity contribution in [2.75, 3.05) is 0 Å². The van der Waals surface area contributed by atoms with Crippen LogP contribution in [0.3, 0.4) is 0 Å². The van der Waals surface area contributed by atoms with Gasteiger partial charge in [0.25, 0.3) is 0 Å². The molecular weight excluding hydrogens is 298 g/mol. The summed E-state index contributed by atoms with van der Waals surface area (Å²) < 4.78 is 15.7. The molecular formula is C15H19Cl2FN2. The second-order valence-electron chi connectivity index (χ2n) is 6.30. The molecule has 0 aliphatic carbocycles. The summed E-state index contributed by atoms with van der Waals surface area (Å²) in [6, 6.07) is 3.00. The van der Waals surface area contributed by atoms with E-state index >= 15 is 0 Å². The molecule has 1 heterocycles. The van der Waals surface area contributed by atoms with E-state index in [1.54, 1.807) is 6.07 Å². The van der Waals surface area contributed by atoms with Gasteiger partial charge in [0.05, 0.1) is 21.4 Å². The van der Waals surface area contributed by atoms with Gasteiger partial charge in [0.1, 0.15) is 11.6 Å². The van der Waals surface area contributed by atoms with Gasteiger partial charge in [-0.15, -0.1) is 11.6 Å². The molecule has 1 atom stereocenters. The second kappa shape index (κ2) is 5.53. The zero-order chi connectivity index (χ0) is 15.1. The second-order valence-corrected chi connectivity index (χ2v) is 7.37. The number of aryl methyl sites for hydroxylation is 1.